The monoisotopic (exact) mass is 518 g/mol. The van der Waals surface area contributed by atoms with Crippen molar-refractivity contribution in [1.29, 1.82) is 0 Å². The third-order valence-electron chi connectivity index (χ3n) is 4.98. The molecule has 34 heavy (non-hydrogen) atoms. The number of carboxylic acids is 1. The molecule has 2 aromatic carbocycles. The number of benzene rings is 2. The molecular weight excluding hydrogens is 500 g/mol. The third-order valence-corrected chi connectivity index (χ3v) is 6.69. The van der Waals surface area contributed by atoms with Gasteiger partial charge < -0.3 is 19.9 Å². The molecule has 2 aliphatic heterocycles. The van der Waals surface area contributed by atoms with Crippen LogP contribution in [0.2, 0.25) is 5.02 Å². The summed E-state index contributed by atoms with van der Waals surface area (Å²) in [5, 5.41) is 12.2. The smallest absolute Gasteiger partial charge is 0.323 e. The molecule has 2 amide bonds. The van der Waals surface area contributed by atoms with Crippen molar-refractivity contribution in [2.75, 3.05) is 19.8 Å². The van der Waals surface area contributed by atoms with Crippen LogP contribution in [0.5, 0.6) is 11.5 Å². The molecule has 176 valence electrons. The highest BCUT2D eigenvalue weighted by Crippen LogP contribution is 2.35. The Morgan fingerprint density at radius 1 is 1.26 bits per heavy atom. The minimum atomic E-state index is -1.14. The van der Waals surface area contributed by atoms with Crippen molar-refractivity contribution in [3.05, 3.63) is 63.5 Å². The maximum absolute atomic E-state index is 12.4. The number of hydrogen-bond acceptors (Lipinski definition) is 7. The van der Waals surface area contributed by atoms with Gasteiger partial charge in [0.25, 0.3) is 5.91 Å². The molecule has 2 fully saturated rings. The molecule has 0 bridgehead atoms. The molecule has 2 aliphatic rings. The number of nitrogens with zero attached hydrogens (tertiary/aromatic N) is 1. The minimum absolute atomic E-state index is 0.0519. The summed E-state index contributed by atoms with van der Waals surface area (Å²) < 4.78 is 11.3. The molecule has 11 heteroatoms. The first-order valence-corrected chi connectivity index (χ1v) is 11.8. The van der Waals surface area contributed by atoms with E-state index < -0.39 is 18.4 Å². The van der Waals surface area contributed by atoms with Gasteiger partial charge in [0.2, 0.25) is 5.91 Å². The number of thiocarbonyl (C=S) groups is 1. The zero-order chi connectivity index (χ0) is 24.2. The Bertz CT molecular complexity index is 1180. The Morgan fingerprint density at radius 3 is 2.68 bits per heavy atom. The van der Waals surface area contributed by atoms with Gasteiger partial charge in [0.1, 0.15) is 29.0 Å². The van der Waals surface area contributed by atoms with Crippen LogP contribution >= 0.6 is 35.6 Å². The van der Waals surface area contributed by atoms with E-state index in [0.717, 1.165) is 22.2 Å². The number of carbonyl (C=O) groups is 3. The van der Waals surface area contributed by atoms with Crippen LogP contribution in [0, 0.1) is 0 Å². The topological polar surface area (TPSA) is 105 Å². The molecule has 0 spiro atoms. The predicted octanol–water partition coefficient (Wildman–Crippen LogP) is 3.48. The third kappa shape index (κ3) is 5.95. The van der Waals surface area contributed by atoms with E-state index in [1.54, 1.807) is 24.3 Å². The molecule has 8 nitrogen and oxygen atoms in total. The van der Waals surface area contributed by atoms with E-state index in [1.807, 2.05) is 24.3 Å². The van der Waals surface area contributed by atoms with Crippen LogP contribution in [0.1, 0.15) is 11.1 Å². The number of carbonyl (C=O) groups excluding carboxylic acids is 2. The molecule has 0 aliphatic carbocycles. The number of ether oxygens (including phenoxy) is 2. The fourth-order valence-corrected chi connectivity index (χ4v) is 4.90. The van der Waals surface area contributed by atoms with Crippen LogP contribution in [0.4, 0.5) is 0 Å². The number of thioether (sulfide) groups is 1. The average molecular weight is 519 g/mol. The van der Waals surface area contributed by atoms with E-state index in [0.29, 0.717) is 40.0 Å². The summed E-state index contributed by atoms with van der Waals surface area (Å²) in [6.45, 7) is 0.107. The van der Waals surface area contributed by atoms with Crippen molar-refractivity contribution in [2.45, 2.75) is 12.5 Å². The van der Waals surface area contributed by atoms with Gasteiger partial charge in [-0.05, 0) is 54.0 Å². The fourth-order valence-electron chi connectivity index (χ4n) is 3.43. The zero-order valence-electron chi connectivity index (χ0n) is 17.7. The maximum atomic E-state index is 12.4. The van der Waals surface area contributed by atoms with Gasteiger partial charge in [-0.1, -0.05) is 47.7 Å². The summed E-state index contributed by atoms with van der Waals surface area (Å²) in [4.78, 5) is 36.1. The van der Waals surface area contributed by atoms with Gasteiger partial charge in [-0.15, -0.1) is 0 Å². The van der Waals surface area contributed by atoms with Crippen LogP contribution in [0.15, 0.2) is 47.4 Å². The van der Waals surface area contributed by atoms with E-state index in [9.17, 15) is 14.4 Å². The molecule has 2 saturated heterocycles. The van der Waals surface area contributed by atoms with Crippen molar-refractivity contribution in [3.63, 3.8) is 0 Å². The van der Waals surface area contributed by atoms with Gasteiger partial charge in [0.05, 0.1) is 22.6 Å². The van der Waals surface area contributed by atoms with Crippen LogP contribution in [0.25, 0.3) is 6.08 Å². The lowest BCUT2D eigenvalue weighted by Crippen LogP contribution is -2.46. The summed E-state index contributed by atoms with van der Waals surface area (Å²) >= 11 is 12.5. The lowest BCUT2D eigenvalue weighted by Gasteiger charge is -2.23. The van der Waals surface area contributed by atoms with Crippen LogP contribution in [-0.2, 0) is 25.5 Å². The molecule has 2 N–H and O–H groups in total. The van der Waals surface area contributed by atoms with Gasteiger partial charge in [-0.25, -0.2) is 0 Å². The molecule has 1 unspecified atom stereocenters. The Labute approximate surface area is 209 Å². The second kappa shape index (κ2) is 10.6. The quantitative estimate of drug-likeness (QED) is 0.424. The number of hydrogen-bond donors (Lipinski definition) is 2. The highest BCUT2D eigenvalue weighted by atomic mass is 35.5. The van der Waals surface area contributed by atoms with Crippen LogP contribution in [0.3, 0.4) is 0 Å². The van der Waals surface area contributed by atoms with E-state index in [4.69, 9.17) is 38.4 Å². The van der Waals surface area contributed by atoms with Gasteiger partial charge >= 0.3 is 5.97 Å². The summed E-state index contributed by atoms with van der Waals surface area (Å²) in [6, 6.07) is 12.5. The van der Waals surface area contributed by atoms with Gasteiger partial charge in [0.15, 0.2) is 0 Å². The first kappa shape index (κ1) is 24.2. The van der Waals surface area contributed by atoms with Crippen molar-refractivity contribution in [2.24, 2.45) is 0 Å². The Kier molecular flexibility index (Phi) is 7.52. The van der Waals surface area contributed by atoms with Crippen molar-refractivity contribution >= 4 is 63.8 Å². The van der Waals surface area contributed by atoms with E-state index in [-0.39, 0.29) is 22.9 Å². The number of morpholine rings is 1. The molecule has 0 saturated carbocycles. The summed E-state index contributed by atoms with van der Waals surface area (Å²) in [5.74, 6) is -0.580. The minimum Gasteiger partial charge on any atom is -0.480 e. The van der Waals surface area contributed by atoms with Crippen molar-refractivity contribution in [1.82, 2.24) is 10.2 Å². The predicted molar refractivity (Wildman–Crippen MR) is 132 cm³/mol. The number of rotatable bonds is 7. The standard InChI is InChI=1S/C23H19ClN2O6S2/c24-18-9-17(6-3-14(18)8-19-22(30)26(10-21(28)29)23(33)34-19)32-16-4-1-13(2-5-16)7-15-11-31-12-20(27)25-15/h1-6,8-9,15H,7,10-12H2,(H,25,27)(H,28,29)/b19-8-. The Morgan fingerprint density at radius 2 is 2.00 bits per heavy atom. The van der Waals surface area contributed by atoms with Crippen LogP contribution in [-0.4, -0.2) is 57.9 Å². The average Bonchev–Trinajstić information content (AvgIpc) is 3.04. The normalized spacial score (nSPS) is 19.4. The van der Waals surface area contributed by atoms with Crippen LogP contribution < -0.4 is 10.1 Å². The molecule has 1 atom stereocenters. The number of amides is 2. The van der Waals surface area contributed by atoms with Gasteiger partial charge in [-0.3, -0.25) is 19.3 Å². The lowest BCUT2D eigenvalue weighted by atomic mass is 10.1. The highest BCUT2D eigenvalue weighted by molar-refractivity contribution is 8.26. The highest BCUT2D eigenvalue weighted by Gasteiger charge is 2.33. The van der Waals surface area contributed by atoms with Gasteiger partial charge in [-0.2, -0.15) is 0 Å². The Balaban J connectivity index is 1.40. The summed E-state index contributed by atoms with van der Waals surface area (Å²) in [5.41, 5.74) is 1.62. The molecule has 0 aromatic heterocycles. The largest absolute Gasteiger partial charge is 0.480 e. The van der Waals surface area contributed by atoms with Gasteiger partial charge in [0, 0.05) is 0 Å². The van der Waals surface area contributed by atoms with E-state index in [2.05, 4.69) is 5.32 Å². The van der Waals surface area contributed by atoms with Crippen molar-refractivity contribution < 1.29 is 29.0 Å². The van der Waals surface area contributed by atoms with E-state index >= 15 is 0 Å². The van der Waals surface area contributed by atoms with Crippen molar-refractivity contribution in [3.8, 4) is 11.5 Å². The molecular formula is C23H19ClN2O6S2. The number of nitrogens with one attached hydrogen (secondary N) is 1. The molecule has 0 radical (unpaired) electrons. The van der Waals surface area contributed by atoms with E-state index in [1.165, 1.54) is 0 Å². The molecule has 2 aromatic rings. The second-order valence-corrected chi connectivity index (χ2v) is 9.66. The fraction of sp³-hybridized carbons (Fsp3) is 0.217. The lowest BCUT2D eigenvalue weighted by molar-refractivity contribution is -0.140. The number of halogens is 1. The number of carboxylic acid groups (broad SMARTS) is 1. The summed E-state index contributed by atoms with van der Waals surface area (Å²) in [7, 11) is 0. The number of aliphatic carboxylic acids is 1. The zero-order valence-corrected chi connectivity index (χ0v) is 20.0. The summed E-state index contributed by atoms with van der Waals surface area (Å²) in [6.07, 6.45) is 2.24. The maximum Gasteiger partial charge on any atom is 0.323 e. The first-order valence-electron chi connectivity index (χ1n) is 10.2. The molecule has 2 heterocycles. The Hall–Kier alpha value is -2.92. The molecule has 4 rings (SSSR count). The first-order chi connectivity index (χ1) is 16.3. The second-order valence-electron chi connectivity index (χ2n) is 7.57. The SMILES string of the molecule is O=C(O)CN1C(=O)/C(=C/c2ccc(Oc3ccc(CC4COCC(=O)N4)cc3)cc2Cl)SC1=S.